The van der Waals surface area contributed by atoms with Gasteiger partial charge in [-0.05, 0) is 37.6 Å². The largest absolute Gasteiger partial charge is 0.369 e. The van der Waals surface area contributed by atoms with Crippen molar-refractivity contribution >= 4 is 17.1 Å². The van der Waals surface area contributed by atoms with E-state index in [4.69, 9.17) is 5.73 Å². The third-order valence-electron chi connectivity index (χ3n) is 3.04. The Balaban J connectivity index is 2.34. The Morgan fingerprint density at radius 1 is 1.17 bits per heavy atom. The van der Waals surface area contributed by atoms with Gasteiger partial charge in [0.05, 0.1) is 5.69 Å². The molecule has 0 saturated heterocycles. The van der Waals surface area contributed by atoms with Crippen LogP contribution in [0.5, 0.6) is 0 Å². The van der Waals surface area contributed by atoms with Crippen LogP contribution in [-0.4, -0.2) is 14.5 Å². The molecule has 0 aliphatic carbocycles. The van der Waals surface area contributed by atoms with E-state index in [1.807, 2.05) is 16.7 Å². The highest BCUT2D eigenvalue weighted by molar-refractivity contribution is 5.77. The van der Waals surface area contributed by atoms with Crippen molar-refractivity contribution in [2.24, 2.45) is 0 Å². The van der Waals surface area contributed by atoms with Gasteiger partial charge in [0.1, 0.15) is 5.52 Å². The zero-order chi connectivity index (χ0) is 12.7. The van der Waals surface area contributed by atoms with E-state index < -0.39 is 0 Å². The maximum absolute atomic E-state index is 6.00. The summed E-state index contributed by atoms with van der Waals surface area (Å²) >= 11 is 0. The summed E-state index contributed by atoms with van der Waals surface area (Å²) in [6.07, 6.45) is 1.75. The Labute approximate surface area is 105 Å². The number of benzene rings is 1. The number of nitrogens with two attached hydrogens (primary N) is 1. The van der Waals surface area contributed by atoms with Crippen molar-refractivity contribution in [2.45, 2.75) is 13.8 Å². The normalized spacial score (nSPS) is 11.0. The lowest BCUT2D eigenvalue weighted by Crippen LogP contribution is -2.03. The van der Waals surface area contributed by atoms with Crippen LogP contribution in [0.15, 0.2) is 36.5 Å². The van der Waals surface area contributed by atoms with Gasteiger partial charge in [0.25, 0.3) is 0 Å². The van der Waals surface area contributed by atoms with Gasteiger partial charge in [-0.15, -0.1) is 0 Å². The van der Waals surface area contributed by atoms with Gasteiger partial charge in [-0.1, -0.05) is 17.7 Å². The summed E-state index contributed by atoms with van der Waals surface area (Å²) in [5.74, 6) is 0.468. The molecule has 0 amide bonds. The number of hydrogen-bond acceptors (Lipinski definition) is 3. The highest BCUT2D eigenvalue weighted by Gasteiger charge is 2.12. The fourth-order valence-corrected chi connectivity index (χ4v) is 2.22. The lowest BCUT2D eigenvalue weighted by Gasteiger charge is -2.09. The molecule has 1 aromatic carbocycles. The Bertz CT molecular complexity index is 728. The summed E-state index contributed by atoms with van der Waals surface area (Å²) in [7, 11) is 0. The maximum atomic E-state index is 6.00. The van der Waals surface area contributed by atoms with E-state index in [-0.39, 0.29) is 0 Å². The molecule has 0 atom stereocenters. The van der Waals surface area contributed by atoms with Crippen molar-refractivity contribution in [3.05, 3.63) is 47.7 Å². The molecule has 0 unspecified atom stereocenters. The molecular weight excluding hydrogens is 224 g/mol. The van der Waals surface area contributed by atoms with Crippen LogP contribution in [-0.2, 0) is 0 Å². The average molecular weight is 238 g/mol. The average Bonchev–Trinajstić information content (AvgIpc) is 2.66. The Morgan fingerprint density at radius 2 is 2.00 bits per heavy atom. The molecule has 2 aromatic heterocycles. The molecule has 0 saturated carbocycles. The summed E-state index contributed by atoms with van der Waals surface area (Å²) < 4.78 is 1.89. The maximum Gasteiger partial charge on any atom is 0.207 e. The lowest BCUT2D eigenvalue weighted by molar-refractivity contribution is 1.06. The molecule has 0 aliphatic heterocycles. The van der Waals surface area contributed by atoms with Crippen LogP contribution < -0.4 is 5.73 Å². The zero-order valence-electron chi connectivity index (χ0n) is 10.4. The van der Waals surface area contributed by atoms with Gasteiger partial charge in [-0.3, -0.25) is 4.57 Å². The third-order valence-corrected chi connectivity index (χ3v) is 3.04. The molecule has 3 rings (SSSR count). The van der Waals surface area contributed by atoms with E-state index >= 15 is 0 Å². The van der Waals surface area contributed by atoms with Crippen molar-refractivity contribution in [1.82, 2.24) is 14.5 Å². The minimum absolute atomic E-state index is 0.468. The SMILES string of the molecule is Cc1ccc(-n2c(N)nc3cccnc32)c(C)c1. The van der Waals surface area contributed by atoms with Crippen LogP contribution in [0.25, 0.3) is 16.9 Å². The molecule has 0 radical (unpaired) electrons. The van der Waals surface area contributed by atoms with Crippen LogP contribution in [0.3, 0.4) is 0 Å². The van der Waals surface area contributed by atoms with Gasteiger partial charge in [0, 0.05) is 6.20 Å². The van der Waals surface area contributed by atoms with Gasteiger partial charge in [-0.25, -0.2) is 9.97 Å². The fraction of sp³-hybridized carbons (Fsp3) is 0.143. The highest BCUT2D eigenvalue weighted by atomic mass is 15.2. The zero-order valence-corrected chi connectivity index (χ0v) is 10.4. The van der Waals surface area contributed by atoms with E-state index in [1.54, 1.807) is 6.20 Å². The van der Waals surface area contributed by atoms with Gasteiger partial charge in [-0.2, -0.15) is 0 Å². The van der Waals surface area contributed by atoms with E-state index in [9.17, 15) is 0 Å². The predicted octanol–water partition coefficient (Wildman–Crippen LogP) is 2.62. The number of nitrogen functional groups attached to an aromatic ring is 1. The van der Waals surface area contributed by atoms with Crippen molar-refractivity contribution in [2.75, 3.05) is 5.73 Å². The first kappa shape index (κ1) is 10.8. The second-order valence-electron chi connectivity index (χ2n) is 4.44. The minimum atomic E-state index is 0.468. The number of nitrogens with zero attached hydrogens (tertiary/aromatic N) is 3. The quantitative estimate of drug-likeness (QED) is 0.709. The number of aryl methyl sites for hydroxylation is 2. The number of aromatic nitrogens is 3. The highest BCUT2D eigenvalue weighted by Crippen LogP contribution is 2.24. The van der Waals surface area contributed by atoms with Gasteiger partial charge < -0.3 is 5.73 Å². The first-order valence-corrected chi connectivity index (χ1v) is 5.83. The molecular formula is C14H14N4. The summed E-state index contributed by atoms with van der Waals surface area (Å²) in [6.45, 7) is 4.14. The molecule has 0 aliphatic rings. The van der Waals surface area contributed by atoms with Crippen LogP contribution in [0.1, 0.15) is 11.1 Å². The molecule has 4 heteroatoms. The topological polar surface area (TPSA) is 56.7 Å². The third kappa shape index (κ3) is 1.54. The van der Waals surface area contributed by atoms with E-state index in [2.05, 4.69) is 42.0 Å². The number of hydrogen-bond donors (Lipinski definition) is 1. The summed E-state index contributed by atoms with van der Waals surface area (Å²) in [5.41, 5.74) is 11.0. The van der Waals surface area contributed by atoms with E-state index in [0.29, 0.717) is 5.95 Å². The fourth-order valence-electron chi connectivity index (χ4n) is 2.22. The Morgan fingerprint density at radius 3 is 2.78 bits per heavy atom. The molecule has 2 N–H and O–H groups in total. The van der Waals surface area contributed by atoms with Crippen molar-refractivity contribution in [3.63, 3.8) is 0 Å². The molecule has 3 aromatic rings. The summed E-state index contributed by atoms with van der Waals surface area (Å²) in [6, 6.07) is 10.0. The molecule has 0 fully saturated rings. The second kappa shape index (κ2) is 3.84. The molecule has 90 valence electrons. The van der Waals surface area contributed by atoms with E-state index in [1.165, 1.54) is 5.56 Å². The number of anilines is 1. The van der Waals surface area contributed by atoms with Crippen LogP contribution in [0.2, 0.25) is 0 Å². The van der Waals surface area contributed by atoms with Crippen molar-refractivity contribution in [3.8, 4) is 5.69 Å². The molecule has 0 spiro atoms. The minimum Gasteiger partial charge on any atom is -0.369 e. The molecule has 0 bridgehead atoms. The first-order valence-electron chi connectivity index (χ1n) is 5.83. The number of imidazole rings is 1. The molecule has 4 nitrogen and oxygen atoms in total. The van der Waals surface area contributed by atoms with Gasteiger partial charge in [0.2, 0.25) is 5.95 Å². The van der Waals surface area contributed by atoms with Crippen LogP contribution >= 0.6 is 0 Å². The summed E-state index contributed by atoms with van der Waals surface area (Å²) in [4.78, 5) is 8.69. The Kier molecular flexibility index (Phi) is 2.30. The van der Waals surface area contributed by atoms with Crippen LogP contribution in [0, 0.1) is 13.8 Å². The standard InChI is InChI=1S/C14H14N4/c1-9-5-6-12(10(2)8-9)18-13-11(17-14(18)15)4-3-7-16-13/h3-8H,1-2H3,(H2,15,17). The number of fused-ring (bicyclic) bond motifs is 1. The Hall–Kier alpha value is -2.36. The van der Waals surface area contributed by atoms with Crippen LogP contribution in [0.4, 0.5) is 5.95 Å². The predicted molar refractivity (Wildman–Crippen MR) is 72.8 cm³/mol. The van der Waals surface area contributed by atoms with Crippen molar-refractivity contribution in [1.29, 1.82) is 0 Å². The van der Waals surface area contributed by atoms with E-state index in [0.717, 1.165) is 22.4 Å². The smallest absolute Gasteiger partial charge is 0.207 e. The van der Waals surface area contributed by atoms with Crippen molar-refractivity contribution < 1.29 is 0 Å². The summed E-state index contributed by atoms with van der Waals surface area (Å²) in [5, 5.41) is 0. The lowest BCUT2D eigenvalue weighted by atomic mass is 10.1. The second-order valence-corrected chi connectivity index (χ2v) is 4.44. The molecule has 2 heterocycles. The first-order chi connectivity index (χ1) is 8.66. The van der Waals surface area contributed by atoms with Gasteiger partial charge in [0.15, 0.2) is 5.65 Å². The number of pyridine rings is 1. The van der Waals surface area contributed by atoms with Gasteiger partial charge >= 0.3 is 0 Å². The number of rotatable bonds is 1. The molecule has 18 heavy (non-hydrogen) atoms. The monoisotopic (exact) mass is 238 g/mol.